The number of aromatic nitrogens is 3. The first-order chi connectivity index (χ1) is 10.8. The summed E-state index contributed by atoms with van der Waals surface area (Å²) in [5.41, 5.74) is 1.25. The monoisotopic (exact) mass is 374 g/mol. The number of nitrogens with one attached hydrogen (secondary N) is 1. The molecule has 2 aromatic heterocycles. The van der Waals surface area contributed by atoms with Crippen LogP contribution in [0, 0.1) is 0 Å². The molecule has 2 aromatic rings. The summed E-state index contributed by atoms with van der Waals surface area (Å²) in [6.07, 6.45) is 2.01. The number of halogens is 1. The van der Waals surface area contributed by atoms with Crippen molar-refractivity contribution >= 4 is 50.3 Å². The number of fused-ring (bicyclic) bond motifs is 1. The number of nitrogens with zero attached hydrogens (tertiary/aromatic N) is 3. The molecule has 1 N–H and O–H groups in total. The SMILES string of the molecule is CN(C(=O)CSc1nc2ncc(Cl)cc2[nH]1)[C@@H]1CCS(=O)(=O)C1. The molecular weight excluding hydrogens is 360 g/mol. The van der Waals surface area contributed by atoms with Gasteiger partial charge in [0.15, 0.2) is 20.6 Å². The number of amides is 1. The zero-order valence-electron chi connectivity index (χ0n) is 12.3. The maximum atomic E-state index is 12.2. The first-order valence-electron chi connectivity index (χ1n) is 6.94. The molecule has 0 unspecified atom stereocenters. The number of pyridine rings is 1. The molecule has 1 amide bonds. The molecule has 1 fully saturated rings. The molecule has 1 atom stereocenters. The van der Waals surface area contributed by atoms with Crippen LogP contribution in [0.25, 0.3) is 11.2 Å². The molecule has 3 heterocycles. The van der Waals surface area contributed by atoms with E-state index in [-0.39, 0.29) is 29.2 Å². The number of hydrogen-bond acceptors (Lipinski definition) is 6. The number of aromatic amines is 1. The van der Waals surface area contributed by atoms with Gasteiger partial charge in [0.05, 0.1) is 27.8 Å². The van der Waals surface area contributed by atoms with Crippen molar-refractivity contribution in [3.8, 4) is 0 Å². The lowest BCUT2D eigenvalue weighted by Crippen LogP contribution is -2.38. The third-order valence-electron chi connectivity index (χ3n) is 3.76. The highest BCUT2D eigenvalue weighted by atomic mass is 35.5. The first kappa shape index (κ1) is 16.5. The van der Waals surface area contributed by atoms with E-state index < -0.39 is 9.84 Å². The zero-order valence-corrected chi connectivity index (χ0v) is 14.7. The van der Waals surface area contributed by atoms with E-state index in [1.54, 1.807) is 13.1 Å². The van der Waals surface area contributed by atoms with E-state index in [1.807, 2.05) is 0 Å². The molecule has 0 aromatic carbocycles. The third kappa shape index (κ3) is 3.78. The van der Waals surface area contributed by atoms with Gasteiger partial charge in [0.1, 0.15) is 0 Å². The molecule has 1 saturated heterocycles. The Balaban J connectivity index is 1.61. The van der Waals surface area contributed by atoms with Crippen LogP contribution in [0.15, 0.2) is 17.4 Å². The number of H-pyrrole nitrogens is 1. The number of carbonyl (C=O) groups is 1. The van der Waals surface area contributed by atoms with Crippen molar-refractivity contribution in [3.63, 3.8) is 0 Å². The van der Waals surface area contributed by atoms with E-state index >= 15 is 0 Å². The highest BCUT2D eigenvalue weighted by Gasteiger charge is 2.32. The van der Waals surface area contributed by atoms with Crippen LogP contribution in [0.3, 0.4) is 0 Å². The van der Waals surface area contributed by atoms with Crippen molar-refractivity contribution in [2.75, 3.05) is 24.3 Å². The Morgan fingerprint density at radius 2 is 2.35 bits per heavy atom. The molecule has 0 aliphatic carbocycles. The number of rotatable bonds is 4. The second-order valence-corrected chi connectivity index (χ2v) is 9.05. The topological polar surface area (TPSA) is 96.0 Å². The van der Waals surface area contributed by atoms with Crippen LogP contribution < -0.4 is 0 Å². The lowest BCUT2D eigenvalue weighted by molar-refractivity contribution is -0.128. The molecule has 0 bridgehead atoms. The van der Waals surface area contributed by atoms with Crippen LogP contribution in [-0.4, -0.2) is 64.5 Å². The second kappa shape index (κ2) is 6.29. The van der Waals surface area contributed by atoms with Gasteiger partial charge in [0.25, 0.3) is 0 Å². The largest absolute Gasteiger partial charge is 0.341 e. The molecule has 0 saturated carbocycles. The summed E-state index contributed by atoms with van der Waals surface area (Å²) in [6.45, 7) is 0. The Morgan fingerprint density at radius 1 is 1.57 bits per heavy atom. The van der Waals surface area contributed by atoms with Crippen LogP contribution in [0.1, 0.15) is 6.42 Å². The van der Waals surface area contributed by atoms with Crippen LogP contribution in [0.4, 0.5) is 0 Å². The molecule has 10 heteroatoms. The molecule has 3 rings (SSSR count). The minimum Gasteiger partial charge on any atom is -0.341 e. The van der Waals surface area contributed by atoms with Gasteiger partial charge >= 0.3 is 0 Å². The summed E-state index contributed by atoms with van der Waals surface area (Å²) < 4.78 is 23.0. The Hall–Kier alpha value is -1.32. The minimum absolute atomic E-state index is 0.0486. The third-order valence-corrected chi connectivity index (χ3v) is 6.58. The maximum absolute atomic E-state index is 12.2. The highest BCUT2D eigenvalue weighted by Crippen LogP contribution is 2.22. The molecule has 0 radical (unpaired) electrons. The van der Waals surface area contributed by atoms with Crippen molar-refractivity contribution in [2.45, 2.75) is 17.6 Å². The quantitative estimate of drug-likeness (QED) is 0.811. The molecule has 23 heavy (non-hydrogen) atoms. The predicted molar refractivity (Wildman–Crippen MR) is 89.5 cm³/mol. The van der Waals surface area contributed by atoms with E-state index in [1.165, 1.54) is 22.9 Å². The summed E-state index contributed by atoms with van der Waals surface area (Å²) in [7, 11) is -1.36. The predicted octanol–water partition coefficient (Wildman–Crippen LogP) is 1.35. The van der Waals surface area contributed by atoms with Gasteiger partial charge < -0.3 is 9.88 Å². The number of carbonyl (C=O) groups excluding carboxylic acids is 1. The summed E-state index contributed by atoms with van der Waals surface area (Å²) in [5.74, 6) is 0.259. The fraction of sp³-hybridized carbons (Fsp3) is 0.462. The Bertz CT molecular complexity index is 852. The second-order valence-electron chi connectivity index (χ2n) is 5.42. The van der Waals surface area contributed by atoms with Gasteiger partial charge in [-0.15, -0.1) is 0 Å². The molecule has 124 valence electrons. The van der Waals surface area contributed by atoms with Gasteiger partial charge in [-0.1, -0.05) is 23.4 Å². The molecule has 1 aliphatic heterocycles. The number of imidazole rings is 1. The van der Waals surface area contributed by atoms with Crippen molar-refractivity contribution in [2.24, 2.45) is 0 Å². The maximum Gasteiger partial charge on any atom is 0.233 e. The van der Waals surface area contributed by atoms with Gasteiger partial charge in [-0.05, 0) is 12.5 Å². The average molecular weight is 375 g/mol. The van der Waals surface area contributed by atoms with E-state index in [0.29, 0.717) is 27.8 Å². The van der Waals surface area contributed by atoms with Crippen molar-refractivity contribution in [1.82, 2.24) is 19.9 Å². The lowest BCUT2D eigenvalue weighted by Gasteiger charge is -2.22. The Morgan fingerprint density at radius 3 is 3.04 bits per heavy atom. The van der Waals surface area contributed by atoms with E-state index in [4.69, 9.17) is 11.6 Å². The van der Waals surface area contributed by atoms with Crippen molar-refractivity contribution < 1.29 is 13.2 Å². The van der Waals surface area contributed by atoms with Crippen LogP contribution in [0.2, 0.25) is 5.02 Å². The van der Waals surface area contributed by atoms with Gasteiger partial charge in [0, 0.05) is 19.3 Å². The molecular formula is C13H15ClN4O3S2. The minimum atomic E-state index is -3.00. The van der Waals surface area contributed by atoms with E-state index in [9.17, 15) is 13.2 Å². The summed E-state index contributed by atoms with van der Waals surface area (Å²) in [5, 5.41) is 1.09. The summed E-state index contributed by atoms with van der Waals surface area (Å²) in [6, 6.07) is 1.49. The van der Waals surface area contributed by atoms with Crippen molar-refractivity contribution in [1.29, 1.82) is 0 Å². The van der Waals surface area contributed by atoms with Gasteiger partial charge in [0.2, 0.25) is 5.91 Å². The number of hydrogen-bond donors (Lipinski definition) is 1. The highest BCUT2D eigenvalue weighted by molar-refractivity contribution is 7.99. The first-order valence-corrected chi connectivity index (χ1v) is 10.1. The standard InChI is InChI=1S/C13H15ClN4O3S2/c1-18(9-2-3-23(20,21)7-9)11(19)6-22-13-16-10-4-8(14)5-15-12(10)17-13/h4-5,9H,2-3,6-7H2,1H3,(H,15,16,17)/t9-/m1/s1. The molecule has 1 aliphatic rings. The molecule has 0 spiro atoms. The fourth-order valence-electron chi connectivity index (χ4n) is 2.44. The van der Waals surface area contributed by atoms with E-state index in [2.05, 4.69) is 15.0 Å². The van der Waals surface area contributed by atoms with Gasteiger partial charge in [-0.25, -0.2) is 18.4 Å². The lowest BCUT2D eigenvalue weighted by atomic mass is 10.2. The smallest absolute Gasteiger partial charge is 0.233 e. The van der Waals surface area contributed by atoms with Gasteiger partial charge in [-0.3, -0.25) is 4.79 Å². The van der Waals surface area contributed by atoms with E-state index in [0.717, 1.165) is 0 Å². The average Bonchev–Trinajstić information content (AvgIpc) is 3.06. The van der Waals surface area contributed by atoms with Crippen LogP contribution in [0.5, 0.6) is 0 Å². The Labute approximate surface area is 142 Å². The molecule has 7 nitrogen and oxygen atoms in total. The summed E-state index contributed by atoms with van der Waals surface area (Å²) >= 11 is 7.12. The Kier molecular flexibility index (Phi) is 4.52. The zero-order chi connectivity index (χ0) is 16.6. The normalized spacial score (nSPS) is 20.0. The number of sulfone groups is 1. The van der Waals surface area contributed by atoms with Crippen LogP contribution in [-0.2, 0) is 14.6 Å². The summed E-state index contributed by atoms with van der Waals surface area (Å²) in [4.78, 5) is 25.2. The fourth-order valence-corrected chi connectivity index (χ4v) is 5.17. The van der Waals surface area contributed by atoms with Crippen LogP contribution >= 0.6 is 23.4 Å². The van der Waals surface area contributed by atoms with Crippen molar-refractivity contribution in [3.05, 3.63) is 17.3 Å². The van der Waals surface area contributed by atoms with Gasteiger partial charge in [-0.2, -0.15) is 0 Å². The number of thioether (sulfide) groups is 1.